The van der Waals surface area contributed by atoms with E-state index in [0.29, 0.717) is 26.0 Å². The number of halogens is 4. The number of rotatable bonds is 13. The van der Waals surface area contributed by atoms with Gasteiger partial charge in [-0.2, -0.15) is 0 Å². The van der Waals surface area contributed by atoms with Crippen LogP contribution < -0.4 is 20.1 Å². The molecule has 0 fully saturated rings. The van der Waals surface area contributed by atoms with Crippen LogP contribution in [-0.2, 0) is 17.6 Å². The highest BCUT2D eigenvalue weighted by Gasteiger charge is 2.18. The van der Waals surface area contributed by atoms with Gasteiger partial charge in [-0.05, 0) is 108 Å². The Morgan fingerprint density at radius 3 is 2.18 bits per heavy atom. The third-order valence-corrected chi connectivity index (χ3v) is 7.77. The Hall–Kier alpha value is -0.650. The molecule has 34 heavy (non-hydrogen) atoms. The van der Waals surface area contributed by atoms with Crippen molar-refractivity contribution in [3.63, 3.8) is 0 Å². The minimum atomic E-state index is -0.338. The van der Waals surface area contributed by atoms with Gasteiger partial charge in [-0.25, -0.2) is 0 Å². The highest BCUT2D eigenvalue weighted by Crippen LogP contribution is 2.35. The van der Waals surface area contributed by atoms with Crippen LogP contribution in [0.25, 0.3) is 0 Å². The van der Waals surface area contributed by atoms with Crippen LogP contribution in [0.2, 0.25) is 0 Å². The average Bonchev–Trinajstić information content (AvgIpc) is 2.76. The lowest BCUT2D eigenvalue weighted by atomic mass is 10.1. The van der Waals surface area contributed by atoms with E-state index < -0.39 is 0 Å². The lowest BCUT2D eigenvalue weighted by Crippen LogP contribution is -2.44. The van der Waals surface area contributed by atoms with Crippen molar-refractivity contribution < 1.29 is 14.3 Å². The monoisotopic (exact) mass is 725 g/mol. The first-order chi connectivity index (χ1) is 16.2. The smallest absolute Gasteiger partial charge is 0.237 e. The van der Waals surface area contributed by atoms with E-state index in [1.54, 1.807) is 14.2 Å². The number of ether oxygens (including phenoxy) is 2. The van der Waals surface area contributed by atoms with E-state index in [4.69, 9.17) is 9.47 Å². The van der Waals surface area contributed by atoms with Gasteiger partial charge >= 0.3 is 0 Å². The number of amides is 1. The summed E-state index contributed by atoms with van der Waals surface area (Å²) in [5, 5.41) is 6.10. The minimum absolute atomic E-state index is 0.0405. The summed E-state index contributed by atoms with van der Waals surface area (Å²) in [7, 11) is 7.54. The molecule has 1 unspecified atom stereocenters. The molecule has 0 aliphatic carbocycles. The zero-order valence-corrected chi connectivity index (χ0v) is 26.2. The van der Waals surface area contributed by atoms with Gasteiger partial charge in [-0.3, -0.25) is 4.79 Å². The Morgan fingerprint density at radius 2 is 1.65 bits per heavy atom. The van der Waals surface area contributed by atoms with Crippen LogP contribution in [0.5, 0.6) is 11.5 Å². The summed E-state index contributed by atoms with van der Waals surface area (Å²) < 4.78 is 15.0. The Balaban J connectivity index is 1.81. The highest BCUT2D eigenvalue weighted by molar-refractivity contribution is 9.11. The van der Waals surface area contributed by atoms with Gasteiger partial charge in [-0.1, -0.05) is 31.9 Å². The number of likely N-dealkylation sites (N-methyl/N-ethyl adjacent to an activating group) is 2. The number of benzene rings is 2. The maximum Gasteiger partial charge on any atom is 0.237 e. The van der Waals surface area contributed by atoms with E-state index >= 15 is 0 Å². The SMILES string of the molecule is CNC(Cc1cc(Br)c(OC)c(Br)c1)C(=O)NCCCOc1cc(Br)c(CCN(C)C)c(Br)c1. The molecule has 0 spiro atoms. The van der Waals surface area contributed by atoms with Crippen molar-refractivity contribution in [1.29, 1.82) is 0 Å². The summed E-state index contributed by atoms with van der Waals surface area (Å²) in [6, 6.07) is 7.59. The van der Waals surface area contributed by atoms with Gasteiger partial charge in [0.25, 0.3) is 0 Å². The fourth-order valence-electron chi connectivity index (χ4n) is 3.32. The van der Waals surface area contributed by atoms with Crippen molar-refractivity contribution in [1.82, 2.24) is 15.5 Å². The first kappa shape index (κ1) is 29.6. The number of carbonyl (C=O) groups excluding carboxylic acids is 1. The number of nitrogens with zero attached hydrogens (tertiary/aromatic N) is 1. The van der Waals surface area contributed by atoms with Crippen LogP contribution in [-0.4, -0.2) is 64.8 Å². The Labute approximate surface area is 236 Å². The molecule has 0 bridgehead atoms. The molecule has 0 heterocycles. The predicted molar refractivity (Wildman–Crippen MR) is 152 cm³/mol. The van der Waals surface area contributed by atoms with Crippen LogP contribution in [0, 0.1) is 0 Å². The molecule has 1 atom stereocenters. The Morgan fingerprint density at radius 1 is 1.03 bits per heavy atom. The number of hydrogen-bond donors (Lipinski definition) is 2. The van der Waals surface area contributed by atoms with Gasteiger partial charge in [0, 0.05) is 22.0 Å². The first-order valence-corrected chi connectivity index (χ1v) is 14.1. The number of nitrogens with one attached hydrogen (secondary N) is 2. The molecule has 0 aliphatic heterocycles. The van der Waals surface area contributed by atoms with E-state index in [0.717, 1.165) is 47.9 Å². The van der Waals surface area contributed by atoms with Crippen LogP contribution in [0.15, 0.2) is 42.2 Å². The third kappa shape index (κ3) is 9.09. The van der Waals surface area contributed by atoms with Crippen molar-refractivity contribution in [3.05, 3.63) is 53.3 Å². The Kier molecular flexibility index (Phi) is 12.9. The molecule has 188 valence electrons. The summed E-state index contributed by atoms with van der Waals surface area (Å²) in [6.07, 6.45) is 2.21. The summed E-state index contributed by atoms with van der Waals surface area (Å²) in [4.78, 5) is 14.8. The lowest BCUT2D eigenvalue weighted by molar-refractivity contribution is -0.123. The molecule has 2 N–H and O–H groups in total. The molecule has 10 heteroatoms. The van der Waals surface area contributed by atoms with E-state index in [-0.39, 0.29) is 11.9 Å². The largest absolute Gasteiger partial charge is 0.494 e. The fourth-order valence-corrected chi connectivity index (χ4v) is 6.47. The molecule has 0 saturated heterocycles. The standard InChI is InChI=1S/C24H31Br4N3O3/c1-29-22(12-15-10-20(27)23(33-4)21(28)11-15)24(32)30-7-5-9-34-16-13-18(25)17(19(26)14-16)6-8-31(2)3/h10-11,13-14,22,29H,5-9,12H2,1-4H3,(H,30,32). The number of hydrogen-bond acceptors (Lipinski definition) is 5. The molecule has 0 aliphatic rings. The summed E-state index contributed by atoms with van der Waals surface area (Å²) >= 11 is 14.3. The number of carbonyl (C=O) groups is 1. The van der Waals surface area contributed by atoms with Gasteiger partial charge < -0.3 is 25.0 Å². The minimum Gasteiger partial charge on any atom is -0.494 e. The molecule has 2 aromatic rings. The molecular formula is C24H31Br4N3O3. The van der Waals surface area contributed by atoms with Crippen molar-refractivity contribution in [2.75, 3.05) is 47.9 Å². The van der Waals surface area contributed by atoms with Crippen LogP contribution in [0.4, 0.5) is 0 Å². The molecule has 6 nitrogen and oxygen atoms in total. The maximum atomic E-state index is 12.7. The summed E-state index contributed by atoms with van der Waals surface area (Å²) in [5.41, 5.74) is 2.24. The van der Waals surface area contributed by atoms with Crippen molar-refractivity contribution >= 4 is 69.6 Å². The third-order valence-electron chi connectivity index (χ3n) is 5.18. The topological polar surface area (TPSA) is 62.8 Å². The second-order valence-corrected chi connectivity index (χ2v) is 11.5. The molecule has 0 saturated carbocycles. The molecule has 2 rings (SSSR count). The second-order valence-electron chi connectivity index (χ2n) is 8.05. The second kappa shape index (κ2) is 14.8. The van der Waals surface area contributed by atoms with Gasteiger partial charge in [0.05, 0.1) is 28.7 Å². The molecule has 0 aromatic heterocycles. The quantitative estimate of drug-likeness (QED) is 0.265. The Bertz CT molecular complexity index is 926. The molecular weight excluding hydrogens is 698 g/mol. The fraction of sp³-hybridized carbons (Fsp3) is 0.458. The van der Waals surface area contributed by atoms with Gasteiger partial charge in [0.15, 0.2) is 0 Å². The van der Waals surface area contributed by atoms with E-state index in [1.165, 1.54) is 5.56 Å². The van der Waals surface area contributed by atoms with E-state index in [1.807, 2.05) is 24.3 Å². The number of methoxy groups -OCH3 is 1. The predicted octanol–water partition coefficient (Wildman–Crippen LogP) is 5.57. The molecule has 0 radical (unpaired) electrons. The van der Waals surface area contributed by atoms with Crippen LogP contribution in [0.3, 0.4) is 0 Å². The molecule has 1 amide bonds. The van der Waals surface area contributed by atoms with Crippen LogP contribution >= 0.6 is 63.7 Å². The van der Waals surface area contributed by atoms with Gasteiger partial charge in [-0.15, -0.1) is 0 Å². The lowest BCUT2D eigenvalue weighted by Gasteiger charge is -2.17. The zero-order valence-electron chi connectivity index (χ0n) is 19.8. The summed E-state index contributed by atoms with van der Waals surface area (Å²) in [5.74, 6) is 1.49. The molecule has 2 aromatic carbocycles. The first-order valence-electron chi connectivity index (χ1n) is 10.9. The van der Waals surface area contributed by atoms with E-state index in [2.05, 4.69) is 93.3 Å². The highest BCUT2D eigenvalue weighted by atomic mass is 79.9. The van der Waals surface area contributed by atoms with Crippen molar-refractivity contribution in [2.45, 2.75) is 25.3 Å². The maximum absolute atomic E-state index is 12.7. The van der Waals surface area contributed by atoms with Gasteiger partial charge in [0.2, 0.25) is 5.91 Å². The van der Waals surface area contributed by atoms with Crippen LogP contribution in [0.1, 0.15) is 17.5 Å². The zero-order chi connectivity index (χ0) is 25.3. The summed E-state index contributed by atoms with van der Waals surface area (Å²) in [6.45, 7) is 2.02. The normalized spacial score (nSPS) is 12.0. The average molecular weight is 729 g/mol. The van der Waals surface area contributed by atoms with Crippen molar-refractivity contribution in [2.24, 2.45) is 0 Å². The van der Waals surface area contributed by atoms with E-state index in [9.17, 15) is 4.79 Å². The van der Waals surface area contributed by atoms with Crippen molar-refractivity contribution in [3.8, 4) is 11.5 Å². The van der Waals surface area contributed by atoms with Gasteiger partial charge in [0.1, 0.15) is 11.5 Å².